The predicted molar refractivity (Wildman–Crippen MR) is 108 cm³/mol. The normalized spacial score (nSPS) is 11.2. The number of hydrogen-bond acceptors (Lipinski definition) is 6. The Morgan fingerprint density at radius 1 is 1.15 bits per heavy atom. The number of methoxy groups -OCH3 is 1. The number of aryl methyl sites for hydroxylation is 1. The highest BCUT2D eigenvalue weighted by atomic mass is 35.5. The van der Waals surface area contributed by atoms with Gasteiger partial charge in [-0.3, -0.25) is 9.59 Å². The van der Waals surface area contributed by atoms with Crippen LogP contribution in [-0.2, 0) is 15.0 Å². The number of amides is 2. The van der Waals surface area contributed by atoms with E-state index in [1.54, 1.807) is 12.1 Å². The summed E-state index contributed by atoms with van der Waals surface area (Å²) in [5.74, 6) is -0.120. The molecule has 0 atom stereocenters. The average molecular weight is 411 g/mol. The van der Waals surface area contributed by atoms with Crippen molar-refractivity contribution in [3.05, 3.63) is 27.7 Å². The molecular formula is C18H23ClN4O3S. The van der Waals surface area contributed by atoms with Gasteiger partial charge in [-0.1, -0.05) is 43.7 Å². The summed E-state index contributed by atoms with van der Waals surface area (Å²) in [4.78, 5) is 24.2. The standard InChI is InChI=1S/C18H23ClN4O3S/c1-10-8-12(13(26-5)9-11(10)19)20-14(24)6-7-15(25)21-17-23-22-16(27-17)18(2,3)4/h8-9H,6-7H2,1-5H3,(H,20,24)(H,21,23,25). The second kappa shape index (κ2) is 8.67. The fourth-order valence-electron chi connectivity index (χ4n) is 2.13. The van der Waals surface area contributed by atoms with Crippen molar-refractivity contribution in [3.63, 3.8) is 0 Å². The van der Waals surface area contributed by atoms with Crippen LogP contribution in [0.3, 0.4) is 0 Å². The van der Waals surface area contributed by atoms with E-state index in [0.717, 1.165) is 10.6 Å². The van der Waals surface area contributed by atoms with Crippen LogP contribution in [0.2, 0.25) is 5.02 Å². The van der Waals surface area contributed by atoms with Gasteiger partial charge in [-0.25, -0.2) is 0 Å². The third kappa shape index (κ3) is 5.90. The molecule has 0 unspecified atom stereocenters. The molecule has 2 aromatic rings. The van der Waals surface area contributed by atoms with E-state index in [0.29, 0.717) is 21.6 Å². The molecule has 7 nitrogen and oxygen atoms in total. The van der Waals surface area contributed by atoms with E-state index in [1.165, 1.54) is 18.4 Å². The van der Waals surface area contributed by atoms with Crippen LogP contribution in [0.5, 0.6) is 5.75 Å². The number of nitrogens with zero attached hydrogens (tertiary/aromatic N) is 2. The molecule has 0 saturated carbocycles. The maximum atomic E-state index is 12.2. The molecule has 0 aliphatic carbocycles. The fourth-order valence-corrected chi connectivity index (χ4v) is 3.10. The third-order valence-corrected chi connectivity index (χ3v) is 5.32. The number of carbonyl (C=O) groups excluding carboxylic acids is 2. The lowest BCUT2D eigenvalue weighted by atomic mass is 9.98. The van der Waals surface area contributed by atoms with Crippen molar-refractivity contribution in [3.8, 4) is 5.75 Å². The van der Waals surface area contributed by atoms with Crippen molar-refractivity contribution in [2.45, 2.75) is 46.0 Å². The lowest BCUT2D eigenvalue weighted by molar-refractivity contribution is -0.121. The fraction of sp³-hybridized carbons (Fsp3) is 0.444. The molecule has 1 aromatic carbocycles. The van der Waals surface area contributed by atoms with Crippen molar-refractivity contribution < 1.29 is 14.3 Å². The van der Waals surface area contributed by atoms with Crippen molar-refractivity contribution in [2.75, 3.05) is 17.7 Å². The minimum Gasteiger partial charge on any atom is -0.495 e. The first-order valence-electron chi connectivity index (χ1n) is 8.38. The number of rotatable bonds is 6. The molecule has 9 heteroatoms. The number of aromatic nitrogens is 2. The third-order valence-electron chi connectivity index (χ3n) is 3.65. The van der Waals surface area contributed by atoms with E-state index in [9.17, 15) is 9.59 Å². The Hall–Kier alpha value is -2.19. The number of ether oxygens (including phenoxy) is 1. The van der Waals surface area contributed by atoms with E-state index in [4.69, 9.17) is 16.3 Å². The Balaban J connectivity index is 1.89. The molecular weight excluding hydrogens is 388 g/mol. The number of anilines is 2. The van der Waals surface area contributed by atoms with Crippen LogP contribution < -0.4 is 15.4 Å². The summed E-state index contributed by atoms with van der Waals surface area (Å²) in [5.41, 5.74) is 1.20. The van der Waals surface area contributed by atoms with Gasteiger partial charge in [0.2, 0.25) is 16.9 Å². The molecule has 0 spiro atoms. The molecule has 2 N–H and O–H groups in total. The average Bonchev–Trinajstić information content (AvgIpc) is 3.05. The predicted octanol–water partition coefficient (Wildman–Crippen LogP) is 4.16. The van der Waals surface area contributed by atoms with Crippen LogP contribution in [0.1, 0.15) is 44.2 Å². The summed E-state index contributed by atoms with van der Waals surface area (Å²) in [6.45, 7) is 7.90. The summed E-state index contributed by atoms with van der Waals surface area (Å²) in [6.07, 6.45) is 0.0622. The minimum atomic E-state index is -0.294. The minimum absolute atomic E-state index is 0.0294. The second-order valence-corrected chi connectivity index (χ2v) is 8.45. The Kier molecular flexibility index (Phi) is 6.78. The van der Waals surface area contributed by atoms with Gasteiger partial charge in [0.1, 0.15) is 10.8 Å². The van der Waals surface area contributed by atoms with Crippen LogP contribution in [-0.4, -0.2) is 29.1 Å². The Bertz CT molecular complexity index is 846. The van der Waals surface area contributed by atoms with E-state index >= 15 is 0 Å². The number of halogens is 1. The monoisotopic (exact) mass is 410 g/mol. The molecule has 2 rings (SSSR count). The summed E-state index contributed by atoms with van der Waals surface area (Å²) in [7, 11) is 1.50. The van der Waals surface area contributed by atoms with Gasteiger partial charge in [0.15, 0.2) is 0 Å². The first-order valence-corrected chi connectivity index (χ1v) is 9.57. The molecule has 0 fully saturated rings. The molecule has 27 heavy (non-hydrogen) atoms. The largest absolute Gasteiger partial charge is 0.495 e. The molecule has 0 aliphatic rings. The quantitative estimate of drug-likeness (QED) is 0.745. The summed E-state index contributed by atoms with van der Waals surface area (Å²) in [6, 6.07) is 3.37. The van der Waals surface area contributed by atoms with Gasteiger partial charge < -0.3 is 15.4 Å². The van der Waals surface area contributed by atoms with E-state index < -0.39 is 0 Å². The highest BCUT2D eigenvalue weighted by Gasteiger charge is 2.20. The topological polar surface area (TPSA) is 93.2 Å². The van der Waals surface area contributed by atoms with Crippen LogP contribution in [0.15, 0.2) is 12.1 Å². The number of benzene rings is 1. The Labute approximate surface area is 167 Å². The summed E-state index contributed by atoms with van der Waals surface area (Å²) >= 11 is 7.38. The van der Waals surface area contributed by atoms with Crippen LogP contribution >= 0.6 is 22.9 Å². The van der Waals surface area contributed by atoms with Crippen molar-refractivity contribution in [1.82, 2.24) is 10.2 Å². The number of nitrogens with one attached hydrogen (secondary N) is 2. The lowest BCUT2D eigenvalue weighted by Gasteiger charge is -2.12. The smallest absolute Gasteiger partial charge is 0.226 e. The zero-order chi connectivity index (χ0) is 20.2. The SMILES string of the molecule is COc1cc(Cl)c(C)cc1NC(=O)CCC(=O)Nc1nnc(C(C)(C)C)s1. The molecule has 0 bridgehead atoms. The summed E-state index contributed by atoms with van der Waals surface area (Å²) < 4.78 is 5.22. The first kappa shape index (κ1) is 21.1. The molecule has 146 valence electrons. The zero-order valence-electron chi connectivity index (χ0n) is 16.0. The van der Waals surface area contributed by atoms with Gasteiger partial charge in [-0.05, 0) is 18.6 Å². The molecule has 1 heterocycles. The molecule has 0 radical (unpaired) electrons. The molecule has 1 aromatic heterocycles. The zero-order valence-corrected chi connectivity index (χ0v) is 17.5. The van der Waals surface area contributed by atoms with Crippen LogP contribution in [0.4, 0.5) is 10.8 Å². The van der Waals surface area contributed by atoms with E-state index in [1.807, 2.05) is 27.7 Å². The maximum absolute atomic E-state index is 12.2. The van der Waals surface area contributed by atoms with Gasteiger partial charge in [-0.2, -0.15) is 0 Å². The van der Waals surface area contributed by atoms with Gasteiger partial charge in [-0.15, -0.1) is 10.2 Å². The van der Waals surface area contributed by atoms with Gasteiger partial charge in [0.05, 0.1) is 12.8 Å². The molecule has 0 saturated heterocycles. The first-order chi connectivity index (χ1) is 12.6. The number of hydrogen-bond donors (Lipinski definition) is 2. The van der Waals surface area contributed by atoms with Crippen molar-refractivity contribution in [2.24, 2.45) is 0 Å². The van der Waals surface area contributed by atoms with Gasteiger partial charge in [0.25, 0.3) is 0 Å². The number of carbonyl (C=O) groups is 2. The van der Waals surface area contributed by atoms with Gasteiger partial charge in [0, 0.05) is 29.3 Å². The molecule has 2 amide bonds. The van der Waals surface area contributed by atoms with Crippen LogP contribution in [0.25, 0.3) is 0 Å². The second-order valence-electron chi connectivity index (χ2n) is 7.06. The van der Waals surface area contributed by atoms with Crippen LogP contribution in [0, 0.1) is 6.92 Å². The molecule has 0 aliphatic heterocycles. The summed E-state index contributed by atoms with van der Waals surface area (Å²) in [5, 5.41) is 15.3. The lowest BCUT2D eigenvalue weighted by Crippen LogP contribution is -2.17. The van der Waals surface area contributed by atoms with Crippen molar-refractivity contribution in [1.29, 1.82) is 0 Å². The maximum Gasteiger partial charge on any atom is 0.226 e. The Morgan fingerprint density at radius 3 is 2.33 bits per heavy atom. The Morgan fingerprint density at radius 2 is 1.78 bits per heavy atom. The van der Waals surface area contributed by atoms with Crippen molar-refractivity contribution >= 4 is 45.6 Å². The highest BCUT2D eigenvalue weighted by molar-refractivity contribution is 7.15. The van der Waals surface area contributed by atoms with Gasteiger partial charge >= 0.3 is 0 Å². The van der Waals surface area contributed by atoms with E-state index in [-0.39, 0.29) is 30.1 Å². The highest BCUT2D eigenvalue weighted by Crippen LogP contribution is 2.31. The van der Waals surface area contributed by atoms with E-state index in [2.05, 4.69) is 20.8 Å².